The first-order valence-electron chi connectivity index (χ1n) is 10.1. The third kappa shape index (κ3) is 4.38. The van der Waals surface area contributed by atoms with Crippen molar-refractivity contribution in [2.45, 2.75) is 59.0 Å². The molecule has 27 heavy (non-hydrogen) atoms. The number of hydrogen-bond donors (Lipinski definition) is 1. The van der Waals surface area contributed by atoms with Crippen molar-refractivity contribution in [1.82, 2.24) is 14.7 Å². The average Bonchev–Trinajstić information content (AvgIpc) is 2.96. The van der Waals surface area contributed by atoms with Gasteiger partial charge in [0.15, 0.2) is 6.67 Å². The Balaban J connectivity index is 1.60. The molecule has 7 heteroatoms. The van der Waals surface area contributed by atoms with Crippen LogP contribution in [0.25, 0.3) is 0 Å². The molecule has 3 rings (SSSR count). The van der Waals surface area contributed by atoms with Gasteiger partial charge in [-0.15, -0.1) is 0 Å². The largest absolute Gasteiger partial charge is 0.342 e. The first kappa shape index (κ1) is 19.6. The van der Waals surface area contributed by atoms with E-state index >= 15 is 0 Å². The summed E-state index contributed by atoms with van der Waals surface area (Å²) in [5.74, 6) is 0.440. The summed E-state index contributed by atoms with van der Waals surface area (Å²) < 4.78 is 1.42. The van der Waals surface area contributed by atoms with Crippen LogP contribution in [-0.4, -0.2) is 46.8 Å². The van der Waals surface area contributed by atoms with E-state index in [1.54, 1.807) is 6.92 Å². The highest BCUT2D eigenvalue weighted by Gasteiger charge is 2.31. The van der Waals surface area contributed by atoms with Crippen molar-refractivity contribution in [2.75, 3.05) is 26.2 Å². The first-order valence-corrected chi connectivity index (χ1v) is 10.1. The Kier molecular flexibility index (Phi) is 6.27. The van der Waals surface area contributed by atoms with Gasteiger partial charge in [0.2, 0.25) is 5.91 Å². The highest BCUT2D eigenvalue weighted by Crippen LogP contribution is 2.17. The number of carbonyl (C=O) groups is 1. The van der Waals surface area contributed by atoms with E-state index in [0.717, 1.165) is 57.6 Å². The predicted molar refractivity (Wildman–Crippen MR) is 101 cm³/mol. The van der Waals surface area contributed by atoms with E-state index in [1.807, 2.05) is 13.0 Å². The Morgan fingerprint density at radius 2 is 1.81 bits per heavy atom. The number of likely N-dealkylation sites (tertiary alicyclic amines) is 2. The number of carbonyl (C=O) groups excluding carboxylic acids is 1. The molecule has 1 aromatic heterocycles. The van der Waals surface area contributed by atoms with Crippen LogP contribution in [0.3, 0.4) is 0 Å². The molecule has 0 aliphatic carbocycles. The number of aromatic nitrogens is 2. The molecular weight excluding hydrogens is 342 g/mol. The Morgan fingerprint density at radius 1 is 1.19 bits per heavy atom. The monoisotopic (exact) mass is 372 g/mol. The van der Waals surface area contributed by atoms with Crippen molar-refractivity contribution >= 4 is 5.91 Å². The second kappa shape index (κ2) is 8.66. The maximum absolute atomic E-state index is 12.8. The molecule has 1 amide bonds. The molecule has 2 aliphatic heterocycles. The third-order valence-corrected chi connectivity index (χ3v) is 6.08. The minimum atomic E-state index is -0.309. The molecule has 2 fully saturated rings. The van der Waals surface area contributed by atoms with Gasteiger partial charge >= 0.3 is 0 Å². The number of piperidine rings is 1. The number of aryl methyl sites for hydroxylation is 1. The maximum atomic E-state index is 12.8. The van der Waals surface area contributed by atoms with Gasteiger partial charge in [-0.2, -0.15) is 15.0 Å². The van der Waals surface area contributed by atoms with Gasteiger partial charge in [0, 0.05) is 31.8 Å². The molecule has 0 spiro atoms. The number of quaternary nitrogens is 1. The molecule has 146 valence electrons. The van der Waals surface area contributed by atoms with E-state index in [2.05, 4.69) is 10.00 Å². The highest BCUT2D eigenvalue weighted by atomic mass is 16.2. The molecular formula is C20H30N5O2+. The number of rotatable bonds is 3. The molecule has 2 aliphatic rings. The molecule has 7 nitrogen and oxygen atoms in total. The summed E-state index contributed by atoms with van der Waals surface area (Å²) in [5.41, 5.74) is 1.26. The summed E-state index contributed by atoms with van der Waals surface area (Å²) in [4.78, 5) is 28.6. The summed E-state index contributed by atoms with van der Waals surface area (Å²) in [6.45, 7) is 7.57. The van der Waals surface area contributed by atoms with Gasteiger partial charge in [0.1, 0.15) is 11.6 Å². The van der Waals surface area contributed by atoms with Crippen LogP contribution in [0, 0.1) is 31.1 Å². The Bertz CT molecular complexity index is 779. The van der Waals surface area contributed by atoms with E-state index in [1.165, 1.54) is 22.4 Å². The molecule has 0 unspecified atom stereocenters. The lowest BCUT2D eigenvalue weighted by atomic mass is 9.95. The molecule has 1 N–H and O–H groups in total. The van der Waals surface area contributed by atoms with Crippen molar-refractivity contribution in [3.05, 3.63) is 27.2 Å². The number of hydrogen-bond acceptors (Lipinski definition) is 4. The van der Waals surface area contributed by atoms with Crippen LogP contribution in [0.1, 0.15) is 55.3 Å². The number of nitrogens with one attached hydrogen (secondary N) is 1. The fraction of sp³-hybridized carbons (Fsp3) is 0.700. The Morgan fingerprint density at radius 3 is 2.41 bits per heavy atom. The van der Waals surface area contributed by atoms with Gasteiger partial charge in [-0.25, -0.2) is 0 Å². The predicted octanol–water partition coefficient (Wildman–Crippen LogP) is 0.387. The maximum Gasteiger partial charge on any atom is 0.289 e. The van der Waals surface area contributed by atoms with Crippen LogP contribution in [0.4, 0.5) is 0 Å². The van der Waals surface area contributed by atoms with Gasteiger partial charge in [-0.05, 0) is 32.3 Å². The molecule has 0 saturated carbocycles. The summed E-state index contributed by atoms with van der Waals surface area (Å²) in [7, 11) is 0. The van der Waals surface area contributed by atoms with Crippen LogP contribution < -0.4 is 10.5 Å². The lowest BCUT2D eigenvalue weighted by Crippen LogP contribution is -3.12. The second-order valence-electron chi connectivity index (χ2n) is 7.92. The zero-order valence-corrected chi connectivity index (χ0v) is 16.5. The minimum Gasteiger partial charge on any atom is -0.342 e. The van der Waals surface area contributed by atoms with Crippen LogP contribution in [0.15, 0.2) is 4.79 Å². The van der Waals surface area contributed by atoms with Gasteiger partial charge in [0.25, 0.3) is 5.56 Å². The highest BCUT2D eigenvalue weighted by molar-refractivity contribution is 5.78. The van der Waals surface area contributed by atoms with Crippen LogP contribution >= 0.6 is 0 Å². The second-order valence-corrected chi connectivity index (χ2v) is 7.92. The molecule has 2 saturated heterocycles. The summed E-state index contributed by atoms with van der Waals surface area (Å²) >= 11 is 0. The SMILES string of the molecule is Cc1nn(C[NH+]2CCC(C(=O)N3CCCCCC3)CC2)c(=O)c(C#N)c1C. The zero-order chi connectivity index (χ0) is 19.4. The van der Waals surface area contributed by atoms with Crippen LogP contribution in [0.5, 0.6) is 0 Å². The molecule has 0 aromatic carbocycles. The summed E-state index contributed by atoms with van der Waals surface area (Å²) in [6, 6.07) is 2.01. The quantitative estimate of drug-likeness (QED) is 0.832. The Labute approximate surface area is 160 Å². The number of amides is 1. The number of nitriles is 1. The fourth-order valence-corrected chi connectivity index (χ4v) is 4.20. The standard InChI is InChI=1S/C20H29N5O2/c1-15-16(2)22-25(20(27)18(15)13-21)14-23-11-7-17(8-12-23)19(26)24-9-5-3-4-6-10-24/h17H,3-12,14H2,1-2H3/p+1. The topological polar surface area (TPSA) is 83.4 Å². The van der Waals surface area contributed by atoms with E-state index in [-0.39, 0.29) is 17.0 Å². The van der Waals surface area contributed by atoms with Crippen molar-refractivity contribution < 1.29 is 9.69 Å². The molecule has 0 radical (unpaired) electrons. The average molecular weight is 372 g/mol. The molecule has 1 aromatic rings. The van der Waals surface area contributed by atoms with Crippen LogP contribution in [-0.2, 0) is 11.5 Å². The zero-order valence-electron chi connectivity index (χ0n) is 16.5. The Hall–Kier alpha value is -2.20. The summed E-state index contributed by atoms with van der Waals surface area (Å²) in [6.07, 6.45) is 6.42. The lowest BCUT2D eigenvalue weighted by Gasteiger charge is -2.32. The third-order valence-electron chi connectivity index (χ3n) is 6.08. The van der Waals surface area contributed by atoms with Gasteiger partial charge in [-0.3, -0.25) is 9.59 Å². The van der Waals surface area contributed by atoms with Gasteiger partial charge in [-0.1, -0.05) is 12.8 Å². The van der Waals surface area contributed by atoms with Crippen molar-refractivity contribution in [3.8, 4) is 6.07 Å². The van der Waals surface area contributed by atoms with Crippen molar-refractivity contribution in [3.63, 3.8) is 0 Å². The van der Waals surface area contributed by atoms with Gasteiger partial charge < -0.3 is 9.80 Å². The van der Waals surface area contributed by atoms with E-state index in [4.69, 9.17) is 0 Å². The summed E-state index contributed by atoms with van der Waals surface area (Å²) in [5, 5.41) is 13.6. The van der Waals surface area contributed by atoms with Crippen molar-refractivity contribution in [1.29, 1.82) is 5.26 Å². The van der Waals surface area contributed by atoms with E-state index < -0.39 is 0 Å². The molecule has 3 heterocycles. The molecule has 0 atom stereocenters. The molecule has 0 bridgehead atoms. The first-order chi connectivity index (χ1) is 13.0. The smallest absolute Gasteiger partial charge is 0.289 e. The lowest BCUT2D eigenvalue weighted by molar-refractivity contribution is -0.929. The van der Waals surface area contributed by atoms with Crippen LogP contribution in [0.2, 0.25) is 0 Å². The fourth-order valence-electron chi connectivity index (χ4n) is 4.20. The van der Waals surface area contributed by atoms with E-state index in [9.17, 15) is 14.9 Å². The van der Waals surface area contributed by atoms with E-state index in [0.29, 0.717) is 18.1 Å². The number of nitrogens with zero attached hydrogens (tertiary/aromatic N) is 4. The minimum absolute atomic E-state index is 0.117. The van der Waals surface area contributed by atoms with Gasteiger partial charge in [0.05, 0.1) is 18.8 Å². The van der Waals surface area contributed by atoms with Crippen molar-refractivity contribution in [2.24, 2.45) is 5.92 Å². The normalized spacial score (nSPS) is 23.5.